The molecule has 0 aromatic carbocycles. The lowest BCUT2D eigenvalue weighted by atomic mass is 10.2. The van der Waals surface area contributed by atoms with Gasteiger partial charge < -0.3 is 5.32 Å². The molecule has 0 saturated heterocycles. The number of sulfonamides is 1. The number of anilines is 1. The van der Waals surface area contributed by atoms with Gasteiger partial charge in [0, 0.05) is 25.0 Å². The van der Waals surface area contributed by atoms with Gasteiger partial charge in [0.05, 0.1) is 5.69 Å². The van der Waals surface area contributed by atoms with Crippen LogP contribution in [0.2, 0.25) is 0 Å². The van der Waals surface area contributed by atoms with E-state index in [0.717, 1.165) is 19.3 Å². The first kappa shape index (κ1) is 14.3. The zero-order valence-electron chi connectivity index (χ0n) is 11.4. The molecule has 2 rings (SSSR count). The Labute approximate surface area is 114 Å². The van der Waals surface area contributed by atoms with E-state index in [4.69, 9.17) is 0 Å². The van der Waals surface area contributed by atoms with Gasteiger partial charge in [-0.15, -0.1) is 0 Å². The largest absolute Gasteiger partial charge is 0.384 e. The van der Waals surface area contributed by atoms with E-state index in [1.807, 2.05) is 6.92 Å². The van der Waals surface area contributed by atoms with Crippen LogP contribution in [-0.4, -0.2) is 26.0 Å². The molecule has 106 valence electrons. The SMILES string of the molecule is CCCC1CC1NS(=O)(=O)c1cnccc1NCC. The van der Waals surface area contributed by atoms with E-state index in [2.05, 4.69) is 21.9 Å². The maximum atomic E-state index is 12.3. The minimum Gasteiger partial charge on any atom is -0.384 e. The van der Waals surface area contributed by atoms with Crippen molar-refractivity contribution < 1.29 is 8.42 Å². The minimum atomic E-state index is -3.48. The minimum absolute atomic E-state index is 0.0969. The molecule has 2 N–H and O–H groups in total. The Hall–Kier alpha value is -1.14. The Balaban J connectivity index is 2.12. The molecule has 5 nitrogen and oxygen atoms in total. The average molecular weight is 283 g/mol. The van der Waals surface area contributed by atoms with Crippen molar-refractivity contribution in [2.24, 2.45) is 5.92 Å². The van der Waals surface area contributed by atoms with Crippen molar-refractivity contribution >= 4 is 15.7 Å². The van der Waals surface area contributed by atoms with Crippen LogP contribution in [0.1, 0.15) is 33.1 Å². The van der Waals surface area contributed by atoms with Crippen LogP contribution in [0.5, 0.6) is 0 Å². The molecule has 0 aliphatic heterocycles. The van der Waals surface area contributed by atoms with Crippen LogP contribution in [0.4, 0.5) is 5.69 Å². The van der Waals surface area contributed by atoms with Crippen LogP contribution < -0.4 is 10.0 Å². The van der Waals surface area contributed by atoms with E-state index in [0.29, 0.717) is 18.2 Å². The maximum absolute atomic E-state index is 12.3. The van der Waals surface area contributed by atoms with Gasteiger partial charge in [-0.25, -0.2) is 13.1 Å². The molecule has 6 heteroatoms. The lowest BCUT2D eigenvalue weighted by Gasteiger charge is -2.11. The van der Waals surface area contributed by atoms with Crippen molar-refractivity contribution in [3.05, 3.63) is 18.5 Å². The Kier molecular flexibility index (Phi) is 4.42. The molecule has 0 amide bonds. The van der Waals surface area contributed by atoms with Gasteiger partial charge in [-0.3, -0.25) is 4.98 Å². The zero-order valence-corrected chi connectivity index (χ0v) is 12.2. The molecule has 1 aromatic heterocycles. The topological polar surface area (TPSA) is 71.1 Å². The Bertz CT molecular complexity index is 530. The summed E-state index contributed by atoms with van der Waals surface area (Å²) in [7, 11) is -3.48. The van der Waals surface area contributed by atoms with Gasteiger partial charge in [0.2, 0.25) is 10.0 Å². The predicted octanol–water partition coefficient (Wildman–Crippen LogP) is 1.98. The standard InChI is InChI=1S/C13H21N3O2S/c1-3-5-10-8-12(10)16-19(17,18)13-9-14-7-6-11(13)15-4-2/h6-7,9-10,12,16H,3-5,8H2,1-2H3,(H,14,15). The zero-order chi connectivity index (χ0) is 13.9. The molecule has 1 fully saturated rings. The molecule has 19 heavy (non-hydrogen) atoms. The van der Waals surface area contributed by atoms with E-state index in [-0.39, 0.29) is 10.9 Å². The molecule has 1 aromatic rings. The molecule has 1 aliphatic rings. The molecular weight excluding hydrogens is 262 g/mol. The summed E-state index contributed by atoms with van der Waals surface area (Å²) < 4.78 is 27.4. The summed E-state index contributed by atoms with van der Waals surface area (Å²) in [6, 6.07) is 1.79. The van der Waals surface area contributed by atoms with Gasteiger partial charge in [-0.1, -0.05) is 13.3 Å². The molecule has 0 radical (unpaired) electrons. The lowest BCUT2D eigenvalue weighted by molar-refractivity contribution is 0.573. The monoisotopic (exact) mass is 283 g/mol. The summed E-state index contributed by atoms with van der Waals surface area (Å²) in [4.78, 5) is 4.15. The molecule has 1 saturated carbocycles. The number of rotatable bonds is 7. The number of nitrogens with zero attached hydrogens (tertiary/aromatic N) is 1. The van der Waals surface area contributed by atoms with E-state index in [9.17, 15) is 8.42 Å². The molecule has 0 spiro atoms. The molecule has 1 heterocycles. The van der Waals surface area contributed by atoms with Crippen LogP contribution >= 0.6 is 0 Å². The average Bonchev–Trinajstić information content (AvgIpc) is 3.08. The third-order valence-electron chi connectivity index (χ3n) is 3.33. The van der Waals surface area contributed by atoms with Gasteiger partial charge in [0.1, 0.15) is 4.90 Å². The molecular formula is C13H21N3O2S. The van der Waals surface area contributed by atoms with Gasteiger partial charge in [0.25, 0.3) is 0 Å². The quantitative estimate of drug-likeness (QED) is 0.802. The highest BCUT2D eigenvalue weighted by atomic mass is 32.2. The summed E-state index contributed by atoms with van der Waals surface area (Å²) in [6.07, 6.45) is 6.12. The summed E-state index contributed by atoms with van der Waals surface area (Å²) in [5.74, 6) is 0.499. The van der Waals surface area contributed by atoms with Crippen molar-refractivity contribution in [3.63, 3.8) is 0 Å². The Morgan fingerprint density at radius 2 is 2.21 bits per heavy atom. The van der Waals surface area contributed by atoms with E-state index < -0.39 is 10.0 Å². The Morgan fingerprint density at radius 1 is 1.42 bits per heavy atom. The molecule has 1 aliphatic carbocycles. The van der Waals surface area contributed by atoms with Crippen molar-refractivity contribution in [1.82, 2.24) is 9.71 Å². The number of pyridine rings is 1. The number of nitrogens with one attached hydrogen (secondary N) is 2. The normalized spacial score (nSPS) is 22.2. The van der Waals surface area contributed by atoms with Crippen LogP contribution in [0.3, 0.4) is 0 Å². The molecule has 2 unspecified atom stereocenters. The second-order valence-corrected chi connectivity index (χ2v) is 6.60. The molecule has 0 bridgehead atoms. The fraction of sp³-hybridized carbons (Fsp3) is 0.615. The summed E-state index contributed by atoms with van der Waals surface area (Å²) in [5.41, 5.74) is 0.609. The maximum Gasteiger partial charge on any atom is 0.244 e. The first-order valence-corrected chi connectivity index (χ1v) is 8.27. The highest BCUT2D eigenvalue weighted by molar-refractivity contribution is 7.89. The first-order valence-electron chi connectivity index (χ1n) is 6.78. The van der Waals surface area contributed by atoms with Gasteiger partial charge in [-0.2, -0.15) is 0 Å². The van der Waals surface area contributed by atoms with Gasteiger partial charge >= 0.3 is 0 Å². The number of hydrogen-bond acceptors (Lipinski definition) is 4. The second kappa shape index (κ2) is 5.88. The van der Waals surface area contributed by atoms with Crippen molar-refractivity contribution in [3.8, 4) is 0 Å². The van der Waals surface area contributed by atoms with Crippen LogP contribution in [-0.2, 0) is 10.0 Å². The summed E-state index contributed by atoms with van der Waals surface area (Å²) >= 11 is 0. The van der Waals surface area contributed by atoms with Gasteiger partial charge in [0.15, 0.2) is 0 Å². The predicted molar refractivity (Wildman–Crippen MR) is 75.5 cm³/mol. The van der Waals surface area contributed by atoms with Gasteiger partial charge in [-0.05, 0) is 31.7 Å². The highest BCUT2D eigenvalue weighted by Gasteiger charge is 2.39. The first-order chi connectivity index (χ1) is 9.08. The van der Waals surface area contributed by atoms with E-state index >= 15 is 0 Å². The third-order valence-corrected chi connectivity index (χ3v) is 4.85. The highest BCUT2D eigenvalue weighted by Crippen LogP contribution is 2.36. The fourth-order valence-corrected chi connectivity index (χ4v) is 3.72. The smallest absolute Gasteiger partial charge is 0.244 e. The van der Waals surface area contributed by atoms with Crippen LogP contribution in [0.15, 0.2) is 23.4 Å². The summed E-state index contributed by atoms with van der Waals surface area (Å²) in [6.45, 7) is 4.73. The molecule has 2 atom stereocenters. The number of aromatic nitrogens is 1. The van der Waals surface area contributed by atoms with Crippen LogP contribution in [0.25, 0.3) is 0 Å². The third kappa shape index (κ3) is 3.45. The lowest BCUT2D eigenvalue weighted by Crippen LogP contribution is -2.28. The summed E-state index contributed by atoms with van der Waals surface area (Å²) in [5, 5.41) is 3.05. The van der Waals surface area contributed by atoms with E-state index in [1.165, 1.54) is 6.20 Å². The van der Waals surface area contributed by atoms with Crippen molar-refractivity contribution in [2.45, 2.75) is 44.0 Å². The van der Waals surface area contributed by atoms with E-state index in [1.54, 1.807) is 12.3 Å². The van der Waals surface area contributed by atoms with Crippen molar-refractivity contribution in [2.75, 3.05) is 11.9 Å². The fourth-order valence-electron chi connectivity index (χ4n) is 2.28. The van der Waals surface area contributed by atoms with Crippen LogP contribution in [0, 0.1) is 5.92 Å². The second-order valence-electron chi connectivity index (χ2n) is 4.91. The Morgan fingerprint density at radius 3 is 2.89 bits per heavy atom. The number of hydrogen-bond donors (Lipinski definition) is 2. The van der Waals surface area contributed by atoms with Crippen molar-refractivity contribution in [1.29, 1.82) is 0 Å².